The van der Waals surface area contributed by atoms with E-state index in [4.69, 9.17) is 11.6 Å². The normalized spacial score (nSPS) is 16.3. The molecule has 0 amide bonds. The first-order chi connectivity index (χ1) is 9.74. The summed E-state index contributed by atoms with van der Waals surface area (Å²) in [5.41, 5.74) is 2.84. The summed E-state index contributed by atoms with van der Waals surface area (Å²) in [6, 6.07) is 12.9. The summed E-state index contributed by atoms with van der Waals surface area (Å²) < 4.78 is 13.9. The second kappa shape index (κ2) is 5.94. The second-order valence-electron chi connectivity index (χ2n) is 5.28. The molecule has 3 heteroatoms. The van der Waals surface area contributed by atoms with E-state index in [2.05, 4.69) is 11.4 Å². The predicted octanol–water partition coefficient (Wildman–Crippen LogP) is 4.61. The summed E-state index contributed by atoms with van der Waals surface area (Å²) in [5, 5.41) is 4.00. The Kier molecular flexibility index (Phi) is 4.04. The Labute approximate surface area is 123 Å². The van der Waals surface area contributed by atoms with E-state index in [9.17, 15) is 4.39 Å². The number of benzene rings is 2. The summed E-state index contributed by atoms with van der Waals surface area (Å²) in [5.74, 6) is 0.254. The molecule has 0 aliphatic carbocycles. The predicted molar refractivity (Wildman–Crippen MR) is 81.7 cm³/mol. The summed E-state index contributed by atoms with van der Waals surface area (Å²) in [4.78, 5) is 0. The average Bonchev–Trinajstić information content (AvgIpc) is 2.48. The highest BCUT2D eigenvalue weighted by Gasteiger charge is 2.17. The van der Waals surface area contributed by atoms with Crippen LogP contribution in [0.5, 0.6) is 0 Å². The maximum Gasteiger partial charge on any atom is 0.124 e. The third-order valence-electron chi connectivity index (χ3n) is 3.92. The molecule has 0 atom stereocenters. The van der Waals surface area contributed by atoms with Gasteiger partial charge in [0.25, 0.3) is 0 Å². The molecule has 0 unspecified atom stereocenters. The lowest BCUT2D eigenvalue weighted by Gasteiger charge is -2.23. The van der Waals surface area contributed by atoms with Gasteiger partial charge in [0.1, 0.15) is 5.82 Å². The first-order valence-corrected chi connectivity index (χ1v) is 7.38. The van der Waals surface area contributed by atoms with Gasteiger partial charge in [-0.2, -0.15) is 0 Å². The molecule has 2 aromatic carbocycles. The van der Waals surface area contributed by atoms with Gasteiger partial charge in [0.2, 0.25) is 0 Å². The maximum atomic E-state index is 13.9. The smallest absolute Gasteiger partial charge is 0.124 e. The molecule has 20 heavy (non-hydrogen) atoms. The van der Waals surface area contributed by atoms with E-state index in [1.807, 2.05) is 24.3 Å². The molecule has 1 saturated heterocycles. The van der Waals surface area contributed by atoms with Gasteiger partial charge in [-0.05, 0) is 61.2 Å². The minimum absolute atomic E-state index is 0.184. The van der Waals surface area contributed by atoms with E-state index in [0.717, 1.165) is 42.6 Å². The van der Waals surface area contributed by atoms with Gasteiger partial charge in [-0.3, -0.25) is 0 Å². The lowest BCUT2D eigenvalue weighted by Crippen LogP contribution is -2.26. The largest absolute Gasteiger partial charge is 0.317 e. The molecule has 2 aromatic rings. The zero-order valence-corrected chi connectivity index (χ0v) is 12.0. The molecule has 1 nitrogen and oxygen atoms in total. The molecule has 0 saturated carbocycles. The quantitative estimate of drug-likeness (QED) is 0.851. The molecule has 1 N–H and O–H groups in total. The first kappa shape index (κ1) is 13.6. The van der Waals surface area contributed by atoms with Crippen molar-refractivity contribution >= 4 is 11.6 Å². The van der Waals surface area contributed by atoms with Crippen molar-refractivity contribution in [2.75, 3.05) is 13.1 Å². The summed E-state index contributed by atoms with van der Waals surface area (Å²) >= 11 is 6.22. The van der Waals surface area contributed by atoms with E-state index < -0.39 is 0 Å². The highest BCUT2D eigenvalue weighted by atomic mass is 35.5. The van der Waals surface area contributed by atoms with Crippen LogP contribution < -0.4 is 5.32 Å². The monoisotopic (exact) mass is 289 g/mol. The molecule has 1 aliphatic heterocycles. The van der Waals surface area contributed by atoms with Crippen LogP contribution >= 0.6 is 11.6 Å². The molecular formula is C17H17ClFN. The third-order valence-corrected chi connectivity index (χ3v) is 4.25. The molecule has 1 heterocycles. The number of rotatable bonds is 2. The van der Waals surface area contributed by atoms with Crippen LogP contribution in [0.1, 0.15) is 24.3 Å². The number of nitrogens with one attached hydrogen (secondary N) is 1. The van der Waals surface area contributed by atoms with Gasteiger partial charge >= 0.3 is 0 Å². The van der Waals surface area contributed by atoms with Crippen molar-refractivity contribution in [1.29, 1.82) is 0 Å². The molecule has 3 rings (SSSR count). The number of hydrogen-bond acceptors (Lipinski definition) is 1. The molecule has 0 spiro atoms. The molecular weight excluding hydrogens is 273 g/mol. The van der Waals surface area contributed by atoms with Gasteiger partial charge in [-0.25, -0.2) is 4.39 Å². The van der Waals surface area contributed by atoms with E-state index in [1.165, 1.54) is 0 Å². The van der Waals surface area contributed by atoms with Crippen molar-refractivity contribution in [3.8, 4) is 11.1 Å². The van der Waals surface area contributed by atoms with Crippen LogP contribution in [0.15, 0.2) is 42.5 Å². The minimum atomic E-state index is -0.184. The third kappa shape index (κ3) is 2.87. The average molecular weight is 290 g/mol. The van der Waals surface area contributed by atoms with E-state index in [0.29, 0.717) is 10.9 Å². The standard InChI is InChI=1S/C17H17ClFN/c18-17-4-2-1-3-16(17)14-9-13(10-15(19)11-14)12-5-7-20-8-6-12/h1-4,9-12,20H,5-8H2. The molecule has 1 aliphatic rings. The van der Waals surface area contributed by atoms with Gasteiger partial charge < -0.3 is 5.32 Å². The van der Waals surface area contributed by atoms with E-state index in [-0.39, 0.29) is 5.82 Å². The summed E-state index contributed by atoms with van der Waals surface area (Å²) in [7, 11) is 0. The van der Waals surface area contributed by atoms with Crippen LogP contribution in [0.2, 0.25) is 5.02 Å². The van der Waals surface area contributed by atoms with Crippen molar-refractivity contribution in [2.45, 2.75) is 18.8 Å². The van der Waals surface area contributed by atoms with Crippen LogP contribution in [0.25, 0.3) is 11.1 Å². The minimum Gasteiger partial charge on any atom is -0.317 e. The van der Waals surface area contributed by atoms with Crippen molar-refractivity contribution in [2.24, 2.45) is 0 Å². The van der Waals surface area contributed by atoms with Gasteiger partial charge in [-0.1, -0.05) is 35.9 Å². The van der Waals surface area contributed by atoms with E-state index >= 15 is 0 Å². The van der Waals surface area contributed by atoms with Crippen LogP contribution in [-0.4, -0.2) is 13.1 Å². The molecule has 0 aromatic heterocycles. The topological polar surface area (TPSA) is 12.0 Å². The molecule has 104 valence electrons. The molecule has 0 radical (unpaired) electrons. The van der Waals surface area contributed by atoms with E-state index in [1.54, 1.807) is 12.1 Å². The molecule has 0 bridgehead atoms. The van der Waals surface area contributed by atoms with Crippen molar-refractivity contribution in [3.05, 3.63) is 58.9 Å². The van der Waals surface area contributed by atoms with Crippen molar-refractivity contribution < 1.29 is 4.39 Å². The number of hydrogen-bond donors (Lipinski definition) is 1. The Morgan fingerprint density at radius 1 is 1.05 bits per heavy atom. The Hall–Kier alpha value is -1.38. The molecule has 1 fully saturated rings. The summed E-state index contributed by atoms with van der Waals surface area (Å²) in [6.45, 7) is 2.01. The van der Waals surface area contributed by atoms with Crippen molar-refractivity contribution in [1.82, 2.24) is 5.32 Å². The van der Waals surface area contributed by atoms with Crippen molar-refractivity contribution in [3.63, 3.8) is 0 Å². The van der Waals surface area contributed by atoms with Gasteiger partial charge in [-0.15, -0.1) is 0 Å². The lowest BCUT2D eigenvalue weighted by molar-refractivity contribution is 0.458. The highest BCUT2D eigenvalue weighted by Crippen LogP contribution is 2.33. The Morgan fingerprint density at radius 3 is 2.55 bits per heavy atom. The fourth-order valence-electron chi connectivity index (χ4n) is 2.85. The lowest BCUT2D eigenvalue weighted by atomic mass is 9.88. The fraction of sp³-hybridized carbons (Fsp3) is 0.294. The Morgan fingerprint density at radius 2 is 1.80 bits per heavy atom. The first-order valence-electron chi connectivity index (χ1n) is 7.00. The van der Waals surface area contributed by atoms with Gasteiger partial charge in [0, 0.05) is 10.6 Å². The number of piperidine rings is 1. The summed E-state index contributed by atoms with van der Waals surface area (Å²) in [6.07, 6.45) is 2.12. The highest BCUT2D eigenvalue weighted by molar-refractivity contribution is 6.33. The Bertz CT molecular complexity index is 606. The maximum absolute atomic E-state index is 13.9. The zero-order valence-electron chi connectivity index (χ0n) is 11.2. The Balaban J connectivity index is 2.00. The fourth-order valence-corrected chi connectivity index (χ4v) is 3.10. The van der Waals surface area contributed by atoms with Crippen LogP contribution in [0, 0.1) is 5.82 Å². The van der Waals surface area contributed by atoms with Crippen LogP contribution in [-0.2, 0) is 0 Å². The second-order valence-corrected chi connectivity index (χ2v) is 5.68. The van der Waals surface area contributed by atoms with Gasteiger partial charge in [0.05, 0.1) is 0 Å². The van der Waals surface area contributed by atoms with Gasteiger partial charge in [0.15, 0.2) is 0 Å². The number of halogens is 2. The SMILES string of the molecule is Fc1cc(-c2ccccc2Cl)cc(C2CCNCC2)c1. The zero-order chi connectivity index (χ0) is 13.9. The van der Waals surface area contributed by atoms with Crippen LogP contribution in [0.4, 0.5) is 4.39 Å². The van der Waals surface area contributed by atoms with Crippen LogP contribution in [0.3, 0.4) is 0 Å².